The first kappa shape index (κ1) is 12.4. The summed E-state index contributed by atoms with van der Waals surface area (Å²) in [5, 5.41) is 3.08. The smallest absolute Gasteiger partial charge is 0.293 e. The molecule has 0 aliphatic carbocycles. The van der Waals surface area contributed by atoms with Gasteiger partial charge >= 0.3 is 0 Å². The first-order valence-corrected chi connectivity index (χ1v) is 4.53. The van der Waals surface area contributed by atoms with Crippen LogP contribution in [0.4, 0.5) is 0 Å². The van der Waals surface area contributed by atoms with Crippen molar-refractivity contribution in [1.29, 1.82) is 0 Å². The largest absolute Gasteiger partial charge is 0.465 e. The van der Waals surface area contributed by atoms with Gasteiger partial charge in [0.15, 0.2) is 0 Å². The van der Waals surface area contributed by atoms with Crippen LogP contribution < -0.4 is 5.32 Å². The summed E-state index contributed by atoms with van der Waals surface area (Å²) in [6.07, 6.45) is 0.183. The normalized spacial score (nSPS) is 15.0. The maximum atomic E-state index is 9.80. The van der Waals surface area contributed by atoms with Crippen LogP contribution >= 0.6 is 0 Å². The number of rotatable bonds is 8. The Kier molecular flexibility index (Phi) is 7.63. The minimum Gasteiger partial charge on any atom is -0.465 e. The molecule has 0 fully saturated rings. The lowest BCUT2D eigenvalue weighted by atomic mass is 10.1. The van der Waals surface area contributed by atoms with Gasteiger partial charge in [-0.15, -0.1) is 0 Å². The van der Waals surface area contributed by atoms with Crippen molar-refractivity contribution in [3.63, 3.8) is 0 Å². The first-order valence-electron chi connectivity index (χ1n) is 4.53. The van der Waals surface area contributed by atoms with Gasteiger partial charge in [-0.05, 0) is 26.4 Å². The van der Waals surface area contributed by atoms with E-state index in [1.807, 2.05) is 14.0 Å². The van der Waals surface area contributed by atoms with Crippen LogP contribution in [0.5, 0.6) is 0 Å². The van der Waals surface area contributed by atoms with Gasteiger partial charge in [0.1, 0.15) is 6.61 Å². The molecule has 2 atom stereocenters. The quantitative estimate of drug-likeness (QED) is 0.444. The topological polar surface area (TPSA) is 47.6 Å². The highest BCUT2D eigenvalue weighted by atomic mass is 16.5. The zero-order valence-corrected chi connectivity index (χ0v) is 8.58. The van der Waals surface area contributed by atoms with Crippen LogP contribution in [0.2, 0.25) is 0 Å². The zero-order valence-electron chi connectivity index (χ0n) is 8.58. The number of ether oxygens (including phenoxy) is 2. The Morgan fingerprint density at radius 2 is 2.08 bits per heavy atom. The molecule has 0 saturated heterocycles. The van der Waals surface area contributed by atoms with Crippen molar-refractivity contribution in [2.24, 2.45) is 5.92 Å². The van der Waals surface area contributed by atoms with E-state index in [0.29, 0.717) is 25.6 Å². The van der Waals surface area contributed by atoms with E-state index in [1.54, 1.807) is 0 Å². The summed E-state index contributed by atoms with van der Waals surface area (Å²) in [4.78, 5) is 9.80. The molecule has 4 heteroatoms. The van der Waals surface area contributed by atoms with Gasteiger partial charge in [0, 0.05) is 0 Å². The highest BCUT2D eigenvalue weighted by molar-refractivity contribution is 5.36. The van der Waals surface area contributed by atoms with Crippen LogP contribution in [0.15, 0.2) is 0 Å². The van der Waals surface area contributed by atoms with E-state index in [0.717, 1.165) is 6.54 Å². The second-order valence-corrected chi connectivity index (χ2v) is 3.08. The Morgan fingerprint density at radius 3 is 2.62 bits per heavy atom. The molecule has 0 rings (SSSR count). The molecular weight excluding hydrogens is 170 g/mol. The van der Waals surface area contributed by atoms with Gasteiger partial charge in [-0.2, -0.15) is 0 Å². The minimum absolute atomic E-state index is 0.183. The maximum absolute atomic E-state index is 9.80. The highest BCUT2D eigenvalue weighted by Gasteiger charge is 2.10. The number of carbonyl (C=O) groups is 1. The van der Waals surface area contributed by atoms with Crippen molar-refractivity contribution in [2.45, 2.75) is 20.0 Å². The molecule has 1 N–H and O–H groups in total. The van der Waals surface area contributed by atoms with Gasteiger partial charge in [-0.25, -0.2) is 0 Å². The van der Waals surface area contributed by atoms with Crippen LogP contribution in [-0.4, -0.2) is 39.4 Å². The van der Waals surface area contributed by atoms with Crippen molar-refractivity contribution in [3.05, 3.63) is 0 Å². The Bertz CT molecular complexity index is 130. The second kappa shape index (κ2) is 8.01. The Labute approximate surface area is 79.6 Å². The van der Waals surface area contributed by atoms with Crippen molar-refractivity contribution >= 4 is 6.47 Å². The maximum Gasteiger partial charge on any atom is 0.293 e. The van der Waals surface area contributed by atoms with E-state index in [9.17, 15) is 4.79 Å². The molecule has 0 spiro atoms. The summed E-state index contributed by atoms with van der Waals surface area (Å²) < 4.78 is 9.94. The molecule has 4 nitrogen and oxygen atoms in total. The summed E-state index contributed by atoms with van der Waals surface area (Å²) in [5.74, 6) is 0.459. The molecule has 0 unspecified atom stereocenters. The lowest BCUT2D eigenvalue weighted by Gasteiger charge is -2.19. The van der Waals surface area contributed by atoms with E-state index in [4.69, 9.17) is 4.74 Å². The van der Waals surface area contributed by atoms with Crippen LogP contribution in [-0.2, 0) is 14.3 Å². The van der Waals surface area contributed by atoms with Gasteiger partial charge in [0.05, 0.1) is 12.7 Å². The number of hydrogen-bond donors (Lipinski definition) is 1. The summed E-state index contributed by atoms with van der Waals surface area (Å²) in [5.41, 5.74) is 0. The van der Waals surface area contributed by atoms with Gasteiger partial charge in [0.2, 0.25) is 0 Å². The molecule has 0 radical (unpaired) electrons. The second-order valence-electron chi connectivity index (χ2n) is 3.08. The molecule has 13 heavy (non-hydrogen) atoms. The van der Waals surface area contributed by atoms with Gasteiger partial charge in [-0.1, -0.05) is 6.92 Å². The Balaban J connectivity index is 3.37. The number of nitrogens with one attached hydrogen (secondary N) is 1. The highest BCUT2D eigenvalue weighted by Crippen LogP contribution is 2.04. The molecule has 0 bridgehead atoms. The third-order valence-electron chi connectivity index (χ3n) is 1.98. The summed E-state index contributed by atoms with van der Waals surface area (Å²) in [6.45, 7) is 6.29. The third-order valence-corrected chi connectivity index (χ3v) is 1.98. The van der Waals surface area contributed by atoms with Crippen molar-refractivity contribution in [1.82, 2.24) is 5.32 Å². The lowest BCUT2D eigenvalue weighted by molar-refractivity contribution is -0.131. The SMILES string of the molecule is CNC[C@@H](C)[C@H](C)OCCOC=O. The molecule has 0 heterocycles. The molecule has 0 aromatic heterocycles. The zero-order chi connectivity index (χ0) is 10.1. The van der Waals surface area contributed by atoms with E-state index in [2.05, 4.69) is 17.0 Å². The van der Waals surface area contributed by atoms with Crippen molar-refractivity contribution < 1.29 is 14.3 Å². The van der Waals surface area contributed by atoms with E-state index in [-0.39, 0.29) is 6.10 Å². The molecule has 0 aliphatic heterocycles. The molecule has 78 valence electrons. The van der Waals surface area contributed by atoms with Gasteiger partial charge < -0.3 is 14.8 Å². The Morgan fingerprint density at radius 1 is 1.38 bits per heavy atom. The summed E-state index contributed by atoms with van der Waals surface area (Å²) >= 11 is 0. The monoisotopic (exact) mass is 189 g/mol. The van der Waals surface area contributed by atoms with Crippen LogP contribution in [0, 0.1) is 5.92 Å². The lowest BCUT2D eigenvalue weighted by Crippen LogP contribution is -2.28. The van der Waals surface area contributed by atoms with Crippen molar-refractivity contribution in [3.8, 4) is 0 Å². The summed E-state index contributed by atoms with van der Waals surface area (Å²) in [6, 6.07) is 0. The average molecular weight is 189 g/mol. The third kappa shape index (κ3) is 6.54. The molecular formula is C9H19NO3. The molecule has 0 aromatic rings. The van der Waals surface area contributed by atoms with Crippen molar-refractivity contribution in [2.75, 3.05) is 26.8 Å². The van der Waals surface area contributed by atoms with E-state index < -0.39 is 0 Å². The number of hydrogen-bond acceptors (Lipinski definition) is 4. The fourth-order valence-electron chi connectivity index (χ4n) is 0.982. The fourth-order valence-corrected chi connectivity index (χ4v) is 0.982. The van der Waals surface area contributed by atoms with Crippen LogP contribution in [0.3, 0.4) is 0 Å². The Hall–Kier alpha value is -0.610. The molecule has 0 aromatic carbocycles. The van der Waals surface area contributed by atoms with E-state index in [1.165, 1.54) is 0 Å². The van der Waals surface area contributed by atoms with Gasteiger partial charge in [-0.3, -0.25) is 4.79 Å². The van der Waals surface area contributed by atoms with Gasteiger partial charge in [0.25, 0.3) is 6.47 Å². The number of carbonyl (C=O) groups excluding carboxylic acids is 1. The van der Waals surface area contributed by atoms with Crippen LogP contribution in [0.25, 0.3) is 0 Å². The predicted molar refractivity (Wildman–Crippen MR) is 50.5 cm³/mol. The summed E-state index contributed by atoms with van der Waals surface area (Å²) in [7, 11) is 1.92. The minimum atomic E-state index is 0.183. The average Bonchev–Trinajstić information content (AvgIpc) is 2.12. The molecule has 0 saturated carbocycles. The molecule has 0 amide bonds. The molecule has 0 aliphatic rings. The standard InChI is InChI=1S/C9H19NO3/c1-8(6-10-3)9(2)13-5-4-12-7-11/h7-10H,4-6H2,1-3H3/t8-,9+/m1/s1. The van der Waals surface area contributed by atoms with Crippen LogP contribution in [0.1, 0.15) is 13.8 Å². The first-order chi connectivity index (χ1) is 6.22. The predicted octanol–water partition coefficient (Wildman–Crippen LogP) is 0.420. The van der Waals surface area contributed by atoms with E-state index >= 15 is 0 Å². The fraction of sp³-hybridized carbons (Fsp3) is 0.889.